The van der Waals surface area contributed by atoms with E-state index in [9.17, 15) is 18.8 Å². The van der Waals surface area contributed by atoms with Crippen LogP contribution in [-0.4, -0.2) is 40.9 Å². The molecule has 1 aromatic rings. The van der Waals surface area contributed by atoms with E-state index in [0.717, 1.165) is 11.0 Å². The third-order valence-electron chi connectivity index (χ3n) is 3.22. The molecular formula is C13H14ClFN2O4S. The number of nitrogens with one attached hydrogen (secondary N) is 1. The molecule has 1 saturated heterocycles. The Kier molecular flexibility index (Phi) is 6.19. The average molecular weight is 349 g/mol. The summed E-state index contributed by atoms with van der Waals surface area (Å²) < 4.78 is 13.0. The third-order valence-corrected chi connectivity index (χ3v) is 3.51. The first-order valence-electron chi connectivity index (χ1n) is 6.16. The molecule has 0 aliphatic carbocycles. The lowest BCUT2D eigenvalue weighted by Crippen LogP contribution is -2.35. The molecule has 1 heterocycles. The van der Waals surface area contributed by atoms with Crippen LogP contribution in [-0.2, 0) is 14.4 Å². The van der Waals surface area contributed by atoms with Gasteiger partial charge in [0.15, 0.2) is 0 Å². The minimum atomic E-state index is -1.54. The summed E-state index contributed by atoms with van der Waals surface area (Å²) >= 11 is 5.61. The lowest BCUT2D eigenvalue weighted by atomic mass is 10.1. The van der Waals surface area contributed by atoms with Crippen LogP contribution < -0.4 is 5.32 Å². The average Bonchev–Trinajstić information content (AvgIpc) is 2.91. The topological polar surface area (TPSA) is 86.7 Å². The molecule has 22 heavy (non-hydrogen) atoms. The van der Waals surface area contributed by atoms with Crippen molar-refractivity contribution < 1.29 is 23.9 Å². The van der Waals surface area contributed by atoms with Gasteiger partial charge in [-0.1, -0.05) is 11.6 Å². The minimum absolute atomic E-state index is 0. The van der Waals surface area contributed by atoms with Gasteiger partial charge in [0, 0.05) is 18.8 Å². The van der Waals surface area contributed by atoms with Gasteiger partial charge in [-0.05, 0) is 24.6 Å². The van der Waals surface area contributed by atoms with Gasteiger partial charge in [-0.15, -0.1) is 0 Å². The summed E-state index contributed by atoms with van der Waals surface area (Å²) in [4.78, 5) is 35.0. The number of halogens is 2. The van der Waals surface area contributed by atoms with Crippen LogP contribution in [0.3, 0.4) is 0 Å². The number of carboxylic acids is 1. The number of hydrogen-bond acceptors (Lipinski definition) is 3. The van der Waals surface area contributed by atoms with Gasteiger partial charge in [-0.2, -0.15) is 13.5 Å². The molecule has 1 aliphatic rings. The summed E-state index contributed by atoms with van der Waals surface area (Å²) in [6.45, 7) is 0.263. The Morgan fingerprint density at radius 3 is 2.64 bits per heavy atom. The minimum Gasteiger partial charge on any atom is -0.474 e. The fourth-order valence-corrected chi connectivity index (χ4v) is 2.29. The maximum atomic E-state index is 13.0. The first kappa shape index (κ1) is 18.2. The molecule has 0 saturated carbocycles. The van der Waals surface area contributed by atoms with Gasteiger partial charge >= 0.3 is 11.9 Å². The van der Waals surface area contributed by atoms with Crippen molar-refractivity contribution in [2.75, 3.05) is 18.4 Å². The van der Waals surface area contributed by atoms with Gasteiger partial charge in [0.1, 0.15) is 5.82 Å². The molecule has 1 atom stereocenters. The maximum Gasteiger partial charge on any atom is 0.394 e. The van der Waals surface area contributed by atoms with Crippen molar-refractivity contribution in [2.45, 2.75) is 6.42 Å². The zero-order valence-electron chi connectivity index (χ0n) is 11.3. The van der Waals surface area contributed by atoms with Crippen molar-refractivity contribution in [2.24, 2.45) is 5.92 Å². The molecule has 1 fully saturated rings. The number of rotatable bonds is 2. The van der Waals surface area contributed by atoms with E-state index < -0.39 is 23.6 Å². The van der Waals surface area contributed by atoms with Crippen LogP contribution in [0.15, 0.2) is 18.2 Å². The second kappa shape index (κ2) is 7.46. The summed E-state index contributed by atoms with van der Waals surface area (Å²) in [5.41, 5.74) is 0.342. The standard InChI is InChI=1S/C13H12ClFN2O4.H2S/c14-9-5-8(1-2-10(9)15)16-11(18)7-3-4-17(6-7)12(19)13(20)21;/h1-2,5,7H,3-4,6H2,(H,16,18)(H,20,21);1H2/t7-;/m0./s1. The lowest BCUT2D eigenvalue weighted by Gasteiger charge is -2.14. The van der Waals surface area contributed by atoms with E-state index in [4.69, 9.17) is 16.7 Å². The van der Waals surface area contributed by atoms with Crippen LogP contribution in [0.4, 0.5) is 10.1 Å². The molecule has 2 rings (SSSR count). The summed E-state index contributed by atoms with van der Waals surface area (Å²) in [6, 6.07) is 3.78. The molecule has 0 aromatic heterocycles. The molecule has 0 spiro atoms. The van der Waals surface area contributed by atoms with Crippen LogP contribution in [0.1, 0.15) is 6.42 Å². The highest BCUT2D eigenvalue weighted by Gasteiger charge is 2.33. The number of amides is 2. The predicted molar refractivity (Wildman–Crippen MR) is 82.7 cm³/mol. The van der Waals surface area contributed by atoms with Gasteiger partial charge < -0.3 is 15.3 Å². The molecule has 120 valence electrons. The Balaban J connectivity index is 0.00000242. The highest BCUT2D eigenvalue weighted by atomic mass is 35.5. The second-order valence-corrected chi connectivity index (χ2v) is 5.07. The van der Waals surface area contributed by atoms with Gasteiger partial charge in [0.2, 0.25) is 5.91 Å². The molecule has 9 heteroatoms. The Labute approximate surface area is 137 Å². The number of carbonyl (C=O) groups excluding carboxylic acids is 2. The molecule has 0 unspecified atom stereocenters. The van der Waals surface area contributed by atoms with Crippen molar-refractivity contribution in [3.05, 3.63) is 29.0 Å². The van der Waals surface area contributed by atoms with E-state index in [0.29, 0.717) is 12.1 Å². The normalized spacial score (nSPS) is 16.8. The van der Waals surface area contributed by atoms with Crippen molar-refractivity contribution in [1.29, 1.82) is 0 Å². The smallest absolute Gasteiger partial charge is 0.394 e. The first-order chi connectivity index (χ1) is 9.88. The molecule has 6 nitrogen and oxygen atoms in total. The van der Waals surface area contributed by atoms with Gasteiger partial charge in [0.05, 0.1) is 10.9 Å². The summed E-state index contributed by atoms with van der Waals surface area (Å²) in [6.07, 6.45) is 0.375. The van der Waals surface area contributed by atoms with Crippen LogP contribution >= 0.6 is 25.1 Å². The SMILES string of the molecule is O=C(O)C(=O)N1CC[C@H](C(=O)Nc2ccc(F)c(Cl)c2)C1.S. The highest BCUT2D eigenvalue weighted by Crippen LogP contribution is 2.22. The van der Waals surface area contributed by atoms with Gasteiger partial charge in [-0.3, -0.25) is 9.59 Å². The number of hydrogen-bond donors (Lipinski definition) is 2. The van der Waals surface area contributed by atoms with Crippen LogP contribution in [0.5, 0.6) is 0 Å². The van der Waals surface area contributed by atoms with E-state index >= 15 is 0 Å². The van der Waals surface area contributed by atoms with Crippen LogP contribution in [0.2, 0.25) is 5.02 Å². The Morgan fingerprint density at radius 1 is 1.36 bits per heavy atom. The molecule has 1 aromatic carbocycles. The lowest BCUT2D eigenvalue weighted by molar-refractivity contribution is -0.155. The second-order valence-electron chi connectivity index (χ2n) is 4.66. The van der Waals surface area contributed by atoms with Gasteiger partial charge in [0.25, 0.3) is 0 Å². The zero-order valence-corrected chi connectivity index (χ0v) is 13.1. The maximum absolute atomic E-state index is 13.0. The molecule has 2 N–H and O–H groups in total. The highest BCUT2D eigenvalue weighted by molar-refractivity contribution is 7.59. The van der Waals surface area contributed by atoms with Crippen molar-refractivity contribution >= 4 is 48.6 Å². The van der Waals surface area contributed by atoms with Gasteiger partial charge in [-0.25, -0.2) is 9.18 Å². The Hall–Kier alpha value is -1.80. The van der Waals surface area contributed by atoms with E-state index in [1.165, 1.54) is 12.1 Å². The predicted octanol–water partition coefficient (Wildman–Crippen LogP) is 1.46. The van der Waals surface area contributed by atoms with E-state index in [2.05, 4.69) is 5.32 Å². The molecule has 2 amide bonds. The largest absolute Gasteiger partial charge is 0.474 e. The number of nitrogens with zero attached hydrogens (tertiary/aromatic N) is 1. The quantitative estimate of drug-likeness (QED) is 0.792. The van der Waals surface area contributed by atoms with Crippen LogP contribution in [0.25, 0.3) is 0 Å². The summed E-state index contributed by atoms with van der Waals surface area (Å²) in [5, 5.41) is 11.1. The number of benzene rings is 1. The number of anilines is 1. The summed E-state index contributed by atoms with van der Waals surface area (Å²) in [7, 11) is 0. The third kappa shape index (κ3) is 4.11. The Morgan fingerprint density at radius 2 is 2.05 bits per heavy atom. The molecular weight excluding hydrogens is 335 g/mol. The van der Waals surface area contributed by atoms with E-state index in [1.807, 2.05) is 0 Å². The van der Waals surface area contributed by atoms with Crippen LogP contribution in [0, 0.1) is 11.7 Å². The number of aliphatic carboxylic acids is 1. The molecule has 0 bridgehead atoms. The number of carboxylic acid groups (broad SMARTS) is 1. The fraction of sp³-hybridized carbons (Fsp3) is 0.308. The van der Waals surface area contributed by atoms with E-state index in [-0.39, 0.29) is 37.5 Å². The molecule has 0 radical (unpaired) electrons. The fourth-order valence-electron chi connectivity index (χ4n) is 2.11. The van der Waals surface area contributed by atoms with E-state index in [1.54, 1.807) is 0 Å². The number of carbonyl (C=O) groups is 3. The van der Waals surface area contributed by atoms with Crippen molar-refractivity contribution in [3.8, 4) is 0 Å². The first-order valence-corrected chi connectivity index (χ1v) is 6.54. The number of likely N-dealkylation sites (tertiary alicyclic amines) is 1. The Bertz CT molecular complexity index is 614. The van der Waals surface area contributed by atoms with Crippen molar-refractivity contribution in [3.63, 3.8) is 0 Å². The van der Waals surface area contributed by atoms with Crippen molar-refractivity contribution in [1.82, 2.24) is 4.90 Å². The summed E-state index contributed by atoms with van der Waals surface area (Å²) in [5.74, 6) is -4.01. The zero-order chi connectivity index (χ0) is 15.6. The molecule has 1 aliphatic heterocycles. The monoisotopic (exact) mass is 348 g/mol.